The van der Waals surface area contributed by atoms with Crippen molar-refractivity contribution in [2.45, 2.75) is 45.4 Å². The Morgan fingerprint density at radius 1 is 1.00 bits per heavy atom. The predicted molar refractivity (Wildman–Crippen MR) is 133 cm³/mol. The van der Waals surface area contributed by atoms with Crippen LogP contribution in [0.2, 0.25) is 25.7 Å². The second-order valence-corrected chi connectivity index (χ2v) is 15.0. The first-order valence-electron chi connectivity index (χ1n) is 11.4. The largest absolute Gasteiger partial charge is 0.457 e. The maximum Gasteiger partial charge on any atom is 0.139 e. The summed E-state index contributed by atoms with van der Waals surface area (Å²) in [6.45, 7) is 9.14. The lowest BCUT2D eigenvalue weighted by molar-refractivity contribution is 0.0798. The van der Waals surface area contributed by atoms with Crippen molar-refractivity contribution in [3.8, 4) is 22.8 Å². The van der Waals surface area contributed by atoms with E-state index < -0.39 is 8.07 Å². The molecule has 0 aliphatic carbocycles. The number of nitrogens with zero attached hydrogens (tertiary/aromatic N) is 4. The zero-order valence-corrected chi connectivity index (χ0v) is 20.6. The number of hydrogen-bond donors (Lipinski definition) is 1. The monoisotopic (exact) mass is 464 g/mol. The molecule has 0 saturated heterocycles. The van der Waals surface area contributed by atoms with Crippen LogP contribution in [0.15, 0.2) is 60.9 Å². The molecule has 0 bridgehead atoms. The van der Waals surface area contributed by atoms with Gasteiger partial charge in [-0.3, -0.25) is 4.68 Å². The summed E-state index contributed by atoms with van der Waals surface area (Å²) < 4.78 is 15.7. The quantitative estimate of drug-likeness (QED) is 0.238. The average Bonchev–Trinajstić information content (AvgIpc) is 3.41. The summed E-state index contributed by atoms with van der Waals surface area (Å²) in [5.74, 6) is 1.53. The lowest BCUT2D eigenvalue weighted by Gasteiger charge is -2.16. The molecule has 0 radical (unpaired) electrons. The van der Waals surface area contributed by atoms with Crippen molar-refractivity contribution in [3.05, 3.63) is 60.9 Å². The van der Waals surface area contributed by atoms with Gasteiger partial charge in [-0.1, -0.05) is 19.6 Å². The van der Waals surface area contributed by atoms with E-state index >= 15 is 0 Å². The van der Waals surface area contributed by atoms with E-state index in [4.69, 9.17) is 14.6 Å². The minimum atomic E-state index is -1.10. The first kappa shape index (κ1) is 23.2. The van der Waals surface area contributed by atoms with Crippen LogP contribution in [0.5, 0.6) is 11.5 Å². The zero-order chi connectivity index (χ0) is 23.3. The molecular formula is C25H32N4O3Si. The van der Waals surface area contributed by atoms with E-state index in [1.807, 2.05) is 64.1 Å². The van der Waals surface area contributed by atoms with Gasteiger partial charge in [-0.05, 0) is 61.0 Å². The maximum atomic E-state index is 9.01. The predicted octanol–water partition coefficient (Wildman–Crippen LogP) is 5.39. The zero-order valence-electron chi connectivity index (χ0n) is 19.6. The molecule has 0 amide bonds. The number of aliphatic hydroxyl groups is 1. The van der Waals surface area contributed by atoms with Gasteiger partial charge in [0, 0.05) is 51.2 Å². The first-order chi connectivity index (χ1) is 15.9. The summed E-state index contributed by atoms with van der Waals surface area (Å²) in [6, 6.07) is 17.0. The topological polar surface area (TPSA) is 74.3 Å². The molecule has 0 fully saturated rings. The van der Waals surface area contributed by atoms with Crippen molar-refractivity contribution < 1.29 is 14.6 Å². The molecule has 2 heterocycles. The number of rotatable bonds is 11. The fourth-order valence-electron chi connectivity index (χ4n) is 3.51. The molecule has 1 N–H and O–H groups in total. The van der Waals surface area contributed by atoms with Crippen LogP contribution in [-0.4, -0.2) is 46.0 Å². The molecule has 4 rings (SSSR count). The Kier molecular flexibility index (Phi) is 7.27. The van der Waals surface area contributed by atoms with Crippen molar-refractivity contribution in [3.63, 3.8) is 0 Å². The lowest BCUT2D eigenvalue weighted by Crippen LogP contribution is -2.22. The van der Waals surface area contributed by atoms with Gasteiger partial charge in [-0.2, -0.15) is 10.2 Å². The van der Waals surface area contributed by atoms with Crippen LogP contribution in [0.1, 0.15) is 6.42 Å². The Morgan fingerprint density at radius 3 is 2.55 bits per heavy atom. The molecular weight excluding hydrogens is 432 g/mol. The summed E-state index contributed by atoms with van der Waals surface area (Å²) in [4.78, 5) is 0. The second-order valence-electron chi connectivity index (χ2n) is 9.38. The van der Waals surface area contributed by atoms with Crippen molar-refractivity contribution in [1.82, 2.24) is 19.6 Å². The van der Waals surface area contributed by atoms with E-state index in [0.29, 0.717) is 19.7 Å². The third-order valence-corrected chi connectivity index (χ3v) is 7.09. The molecule has 7 nitrogen and oxygen atoms in total. The van der Waals surface area contributed by atoms with Gasteiger partial charge in [0.2, 0.25) is 0 Å². The van der Waals surface area contributed by atoms with Gasteiger partial charge >= 0.3 is 0 Å². The molecule has 0 atom stereocenters. The van der Waals surface area contributed by atoms with E-state index in [1.165, 1.54) is 0 Å². The van der Waals surface area contributed by atoms with Crippen molar-refractivity contribution in [2.24, 2.45) is 0 Å². The highest BCUT2D eigenvalue weighted by atomic mass is 28.3. The van der Waals surface area contributed by atoms with Crippen LogP contribution in [0.4, 0.5) is 0 Å². The number of hydrogen-bond acceptors (Lipinski definition) is 5. The second kappa shape index (κ2) is 10.3. The van der Waals surface area contributed by atoms with Gasteiger partial charge in [0.25, 0.3) is 0 Å². The van der Waals surface area contributed by atoms with Crippen LogP contribution < -0.4 is 4.74 Å². The van der Waals surface area contributed by atoms with Crippen LogP contribution in [0.3, 0.4) is 0 Å². The Labute approximate surface area is 195 Å². The molecule has 174 valence electrons. The number of fused-ring (bicyclic) bond motifs is 1. The molecule has 0 saturated carbocycles. The minimum Gasteiger partial charge on any atom is -0.457 e. The summed E-state index contributed by atoms with van der Waals surface area (Å²) in [5.41, 5.74) is 3.00. The average molecular weight is 465 g/mol. The van der Waals surface area contributed by atoms with Gasteiger partial charge in [0.15, 0.2) is 0 Å². The molecule has 4 aromatic rings. The molecule has 8 heteroatoms. The molecule has 2 aromatic heterocycles. The number of ether oxygens (including phenoxy) is 2. The molecule has 0 aliphatic heterocycles. The standard InChI is InChI=1S/C25H32N4O3Si/c1-33(2,3)16-15-31-19-29-25(11-12-26-29)20-5-7-22(8-6-20)32-23-9-10-24-21(17-23)18-28(27-24)13-4-14-30/h5-12,17-18,30H,4,13-16,19H2,1-3H3. The van der Waals surface area contributed by atoms with Crippen molar-refractivity contribution in [2.75, 3.05) is 13.2 Å². The van der Waals surface area contributed by atoms with E-state index in [9.17, 15) is 0 Å². The fraction of sp³-hybridized carbons (Fsp3) is 0.360. The number of aromatic nitrogens is 4. The third kappa shape index (κ3) is 6.31. The van der Waals surface area contributed by atoms with Crippen LogP contribution >= 0.6 is 0 Å². The van der Waals surface area contributed by atoms with Crippen LogP contribution in [-0.2, 0) is 18.0 Å². The third-order valence-electron chi connectivity index (χ3n) is 5.38. The summed E-state index contributed by atoms with van der Waals surface area (Å²) in [7, 11) is -1.10. The summed E-state index contributed by atoms with van der Waals surface area (Å²) in [5, 5.41) is 19.0. The molecule has 0 spiro atoms. The highest BCUT2D eigenvalue weighted by Crippen LogP contribution is 2.28. The van der Waals surface area contributed by atoms with E-state index in [2.05, 4.69) is 29.8 Å². The molecule has 0 unspecified atom stereocenters. The Balaban J connectivity index is 1.39. The van der Waals surface area contributed by atoms with E-state index in [-0.39, 0.29) is 6.61 Å². The number of aliphatic hydroxyl groups excluding tert-OH is 1. The molecule has 33 heavy (non-hydrogen) atoms. The van der Waals surface area contributed by atoms with Crippen LogP contribution in [0, 0.1) is 0 Å². The fourth-order valence-corrected chi connectivity index (χ4v) is 4.26. The van der Waals surface area contributed by atoms with Crippen molar-refractivity contribution in [1.29, 1.82) is 0 Å². The molecule has 2 aromatic carbocycles. The number of benzene rings is 2. The highest BCUT2D eigenvalue weighted by molar-refractivity contribution is 6.76. The van der Waals surface area contributed by atoms with Gasteiger partial charge in [-0.15, -0.1) is 0 Å². The summed E-state index contributed by atoms with van der Waals surface area (Å²) in [6.07, 6.45) is 4.47. The van der Waals surface area contributed by atoms with Crippen molar-refractivity contribution >= 4 is 19.0 Å². The normalized spacial score (nSPS) is 11.9. The Bertz CT molecular complexity index is 1180. The first-order valence-corrected chi connectivity index (χ1v) is 15.1. The van der Waals surface area contributed by atoms with Gasteiger partial charge < -0.3 is 14.6 Å². The summed E-state index contributed by atoms with van der Waals surface area (Å²) >= 11 is 0. The Morgan fingerprint density at radius 2 is 1.79 bits per heavy atom. The van der Waals surface area contributed by atoms with Crippen LogP contribution in [0.25, 0.3) is 22.2 Å². The minimum absolute atomic E-state index is 0.160. The van der Waals surface area contributed by atoms with E-state index in [1.54, 1.807) is 6.20 Å². The Hall–Kier alpha value is -2.94. The van der Waals surface area contributed by atoms with E-state index in [0.717, 1.165) is 46.3 Å². The van der Waals surface area contributed by atoms with Gasteiger partial charge in [0.1, 0.15) is 18.2 Å². The smallest absolute Gasteiger partial charge is 0.139 e. The lowest BCUT2D eigenvalue weighted by atomic mass is 10.1. The maximum absolute atomic E-state index is 9.01. The van der Waals surface area contributed by atoms with Gasteiger partial charge in [0.05, 0.1) is 11.2 Å². The SMILES string of the molecule is C[Si](C)(C)CCOCn1nccc1-c1ccc(Oc2ccc3nn(CCCO)cc3c2)cc1. The number of aryl methyl sites for hydroxylation is 1. The molecule has 0 aliphatic rings. The van der Waals surface area contributed by atoms with Gasteiger partial charge in [-0.25, -0.2) is 4.68 Å². The highest BCUT2D eigenvalue weighted by Gasteiger charge is 2.13.